The van der Waals surface area contributed by atoms with Gasteiger partial charge in [0.25, 0.3) is 0 Å². The standard InChI is InChI=1S/C41H55NO4S/c1-5-6-14-33-26-42-39(47-33)41(22-23-41)37(46-38(45)30-11-8-7-9-12-30)20-15-27(2)34-18-19-35-29(13-10-21-40(34,35)4)16-17-31-24-32(43)25-36(44)28(31)3/h7-9,11-12,16-17,26-27,32,34-37,43-44H,3,5-6,10,13-15,18-25H2,1-2,4H3/t27-,32-,34-,35+,36+,37+,40-/m1/s1. The second-order valence-electron chi connectivity index (χ2n) is 15.4. The summed E-state index contributed by atoms with van der Waals surface area (Å²) in [5, 5.41) is 21.7. The molecule has 6 rings (SSSR count). The molecular formula is C41H55NO4S. The number of carbonyl (C=O) groups excluding carboxylic acids is 1. The minimum atomic E-state index is -0.652. The van der Waals surface area contributed by atoms with Gasteiger partial charge in [0, 0.05) is 17.5 Å². The second-order valence-corrected chi connectivity index (χ2v) is 16.5. The number of hydrogen-bond acceptors (Lipinski definition) is 6. The SMILES string of the molecule is C=C1C(=CC=C2CCC[C@]3(C)[C@@H]([C@H](C)CC[C@H](OC(=O)c4ccccc4)C4(c5ncc(CCCC)s5)CC4)CC[C@@H]23)C[C@@H](O)C[C@@H]1O. The molecule has 6 heteroatoms. The summed E-state index contributed by atoms with van der Waals surface area (Å²) in [6, 6.07) is 9.45. The van der Waals surface area contributed by atoms with Gasteiger partial charge in [0.2, 0.25) is 0 Å². The number of rotatable bonds is 12. The van der Waals surface area contributed by atoms with E-state index in [4.69, 9.17) is 9.72 Å². The lowest BCUT2D eigenvalue weighted by Crippen LogP contribution is -2.37. The lowest BCUT2D eigenvalue weighted by molar-refractivity contribution is 0.0127. The molecule has 0 spiro atoms. The number of esters is 1. The lowest BCUT2D eigenvalue weighted by Gasteiger charge is -2.44. The van der Waals surface area contributed by atoms with E-state index >= 15 is 0 Å². The molecular weight excluding hydrogens is 603 g/mol. The van der Waals surface area contributed by atoms with Crippen LogP contribution < -0.4 is 0 Å². The van der Waals surface area contributed by atoms with Gasteiger partial charge in [-0.15, -0.1) is 11.3 Å². The van der Waals surface area contributed by atoms with E-state index in [1.807, 2.05) is 41.7 Å². The predicted octanol–water partition coefficient (Wildman–Crippen LogP) is 9.30. The van der Waals surface area contributed by atoms with Crippen molar-refractivity contribution in [3.8, 4) is 0 Å². The van der Waals surface area contributed by atoms with Gasteiger partial charge in [0.1, 0.15) is 11.1 Å². The minimum absolute atomic E-state index is 0.153. The summed E-state index contributed by atoms with van der Waals surface area (Å²) in [5.41, 5.74) is 3.99. The molecule has 1 heterocycles. The average molecular weight is 658 g/mol. The van der Waals surface area contributed by atoms with Crippen LogP contribution in [0.3, 0.4) is 0 Å². The first kappa shape index (κ1) is 34.3. The van der Waals surface area contributed by atoms with Crippen molar-refractivity contribution in [3.05, 3.63) is 87.4 Å². The van der Waals surface area contributed by atoms with Crippen molar-refractivity contribution in [2.75, 3.05) is 0 Å². The Balaban J connectivity index is 1.17. The molecule has 2 aromatic rings. The number of carbonyl (C=O) groups is 1. The van der Waals surface area contributed by atoms with E-state index in [-0.39, 0.29) is 22.9 Å². The largest absolute Gasteiger partial charge is 0.458 e. The fourth-order valence-corrected chi connectivity index (χ4v) is 10.6. The lowest BCUT2D eigenvalue weighted by atomic mass is 9.60. The number of aromatic nitrogens is 1. The zero-order valence-electron chi connectivity index (χ0n) is 28.8. The van der Waals surface area contributed by atoms with Gasteiger partial charge in [-0.3, -0.25) is 0 Å². The van der Waals surface area contributed by atoms with Gasteiger partial charge in [-0.05, 0) is 123 Å². The van der Waals surface area contributed by atoms with E-state index in [2.05, 4.69) is 45.7 Å². The Morgan fingerprint density at radius 1 is 1.15 bits per heavy atom. The van der Waals surface area contributed by atoms with E-state index in [9.17, 15) is 15.0 Å². The summed E-state index contributed by atoms with van der Waals surface area (Å²) in [7, 11) is 0. The highest BCUT2D eigenvalue weighted by Crippen LogP contribution is 2.60. The molecule has 4 fully saturated rings. The summed E-state index contributed by atoms with van der Waals surface area (Å²) in [4.78, 5) is 19.7. The molecule has 7 atom stereocenters. The molecule has 0 aliphatic heterocycles. The van der Waals surface area contributed by atoms with Gasteiger partial charge in [0.15, 0.2) is 0 Å². The molecule has 0 amide bonds. The van der Waals surface area contributed by atoms with Crippen LogP contribution in [0.15, 0.2) is 72.0 Å². The monoisotopic (exact) mass is 657 g/mol. The number of nitrogens with zero attached hydrogens (tertiary/aromatic N) is 1. The minimum Gasteiger partial charge on any atom is -0.458 e. The van der Waals surface area contributed by atoms with Crippen molar-refractivity contribution in [3.63, 3.8) is 0 Å². The van der Waals surface area contributed by atoms with Crippen molar-refractivity contribution < 1.29 is 19.7 Å². The number of hydrogen-bond donors (Lipinski definition) is 2. The molecule has 4 aliphatic rings. The molecule has 47 heavy (non-hydrogen) atoms. The molecule has 254 valence electrons. The maximum absolute atomic E-state index is 13.4. The van der Waals surface area contributed by atoms with Crippen LogP contribution in [0.2, 0.25) is 0 Å². The Morgan fingerprint density at radius 3 is 2.68 bits per heavy atom. The Hall–Kier alpha value is -2.54. The number of aliphatic hydroxyl groups excluding tert-OH is 2. The fraction of sp³-hybridized carbons (Fsp3) is 0.610. The van der Waals surface area contributed by atoms with Crippen molar-refractivity contribution >= 4 is 17.3 Å². The molecule has 4 aliphatic carbocycles. The number of thiazole rings is 1. The Morgan fingerprint density at radius 2 is 1.94 bits per heavy atom. The van der Waals surface area contributed by atoms with Gasteiger partial charge in [-0.2, -0.15) is 0 Å². The van der Waals surface area contributed by atoms with Crippen LogP contribution in [0.1, 0.15) is 124 Å². The summed E-state index contributed by atoms with van der Waals surface area (Å²) >= 11 is 1.84. The van der Waals surface area contributed by atoms with Crippen LogP contribution in [0.4, 0.5) is 0 Å². The molecule has 4 saturated carbocycles. The Kier molecular flexibility index (Phi) is 10.6. The maximum atomic E-state index is 13.4. The van der Waals surface area contributed by atoms with Gasteiger partial charge < -0.3 is 14.9 Å². The third-order valence-corrected chi connectivity index (χ3v) is 13.6. The highest BCUT2D eigenvalue weighted by molar-refractivity contribution is 7.11. The molecule has 0 radical (unpaired) electrons. The number of fused-ring (bicyclic) bond motifs is 1. The van der Waals surface area contributed by atoms with Crippen LogP contribution in [-0.2, 0) is 16.6 Å². The Labute approximate surface area is 286 Å². The molecule has 2 N–H and O–H groups in total. The van der Waals surface area contributed by atoms with Crippen molar-refractivity contribution in [2.45, 2.75) is 134 Å². The normalized spacial score (nSPS) is 31.5. The number of allylic oxidation sites excluding steroid dienone is 3. The van der Waals surface area contributed by atoms with E-state index in [1.54, 1.807) is 0 Å². The quantitative estimate of drug-likeness (QED) is 0.223. The maximum Gasteiger partial charge on any atom is 0.338 e. The van der Waals surface area contributed by atoms with Crippen LogP contribution in [0.25, 0.3) is 0 Å². The van der Waals surface area contributed by atoms with Gasteiger partial charge >= 0.3 is 5.97 Å². The van der Waals surface area contributed by atoms with Crippen LogP contribution in [-0.4, -0.2) is 39.5 Å². The van der Waals surface area contributed by atoms with Gasteiger partial charge in [0.05, 0.1) is 23.2 Å². The van der Waals surface area contributed by atoms with Crippen molar-refractivity contribution in [2.24, 2.45) is 23.2 Å². The second kappa shape index (κ2) is 14.5. The molecule has 1 aromatic carbocycles. The topological polar surface area (TPSA) is 79.7 Å². The van der Waals surface area contributed by atoms with E-state index in [0.717, 1.165) is 54.7 Å². The zero-order valence-corrected chi connectivity index (χ0v) is 29.6. The average Bonchev–Trinajstić information content (AvgIpc) is 3.58. The number of aliphatic hydroxyl groups is 2. The first-order chi connectivity index (χ1) is 22.6. The number of aryl methyl sites for hydroxylation is 1. The number of unbranched alkanes of at least 4 members (excludes halogenated alkanes) is 1. The molecule has 0 unspecified atom stereocenters. The molecule has 5 nitrogen and oxygen atoms in total. The molecule has 0 bridgehead atoms. The highest BCUT2D eigenvalue weighted by atomic mass is 32.1. The highest BCUT2D eigenvalue weighted by Gasteiger charge is 2.56. The molecule has 0 saturated heterocycles. The van der Waals surface area contributed by atoms with Crippen LogP contribution in [0.5, 0.6) is 0 Å². The van der Waals surface area contributed by atoms with Gasteiger partial charge in [-0.1, -0.05) is 69.7 Å². The number of benzene rings is 1. The number of ether oxygens (including phenoxy) is 1. The first-order valence-electron chi connectivity index (χ1n) is 18.3. The third-order valence-electron chi connectivity index (χ3n) is 12.3. The van der Waals surface area contributed by atoms with Crippen molar-refractivity contribution in [1.29, 1.82) is 0 Å². The summed E-state index contributed by atoms with van der Waals surface area (Å²) in [6.45, 7) is 11.3. The zero-order chi connectivity index (χ0) is 33.2. The van der Waals surface area contributed by atoms with Gasteiger partial charge in [-0.25, -0.2) is 9.78 Å². The smallest absolute Gasteiger partial charge is 0.338 e. The van der Waals surface area contributed by atoms with E-state index in [0.29, 0.717) is 36.2 Å². The summed E-state index contributed by atoms with van der Waals surface area (Å²) in [6.07, 6.45) is 19.5. The third kappa shape index (κ3) is 7.26. The van der Waals surface area contributed by atoms with Crippen LogP contribution >= 0.6 is 11.3 Å². The van der Waals surface area contributed by atoms with E-state index in [1.165, 1.54) is 49.0 Å². The fourth-order valence-electron chi connectivity index (χ4n) is 9.33. The molecule has 1 aromatic heterocycles. The first-order valence-corrected chi connectivity index (χ1v) is 19.1. The van der Waals surface area contributed by atoms with Crippen molar-refractivity contribution in [1.82, 2.24) is 4.98 Å². The predicted molar refractivity (Wildman–Crippen MR) is 190 cm³/mol. The van der Waals surface area contributed by atoms with E-state index < -0.39 is 12.2 Å². The van der Waals surface area contributed by atoms with Crippen LogP contribution in [0, 0.1) is 23.2 Å². The summed E-state index contributed by atoms with van der Waals surface area (Å²) in [5.74, 6) is 1.49. The summed E-state index contributed by atoms with van der Waals surface area (Å²) < 4.78 is 6.45. The Bertz CT molecular complexity index is 1470.